The van der Waals surface area contributed by atoms with E-state index in [0.29, 0.717) is 0 Å². The van der Waals surface area contributed by atoms with Crippen molar-refractivity contribution >= 4 is 18.0 Å². The summed E-state index contributed by atoms with van der Waals surface area (Å²) in [6.07, 6.45) is -1.23. The van der Waals surface area contributed by atoms with Crippen molar-refractivity contribution in [2.45, 2.75) is 57.6 Å². The monoisotopic (exact) mass is 329 g/mol. The first kappa shape index (κ1) is 17.7. The van der Waals surface area contributed by atoms with Crippen LogP contribution in [0, 0.1) is 5.92 Å². The van der Waals surface area contributed by atoms with Crippen molar-refractivity contribution in [3.63, 3.8) is 0 Å². The van der Waals surface area contributed by atoms with Crippen LogP contribution in [0.1, 0.15) is 34.1 Å². The van der Waals surface area contributed by atoms with Gasteiger partial charge in [-0.1, -0.05) is 0 Å². The van der Waals surface area contributed by atoms with Gasteiger partial charge in [-0.3, -0.25) is 4.79 Å². The lowest BCUT2D eigenvalue weighted by Gasteiger charge is -2.32. The minimum atomic E-state index is -1.21. The molecule has 2 aliphatic rings. The molecule has 0 N–H and O–H groups in total. The fourth-order valence-electron chi connectivity index (χ4n) is 3.09. The number of carbonyl (C=O) groups is 3. The van der Waals surface area contributed by atoms with Gasteiger partial charge in [0.2, 0.25) is 5.91 Å². The predicted octanol–water partition coefficient (Wildman–Crippen LogP) is 1.07. The first-order valence-corrected chi connectivity index (χ1v) is 7.39. The van der Waals surface area contributed by atoms with Gasteiger partial charge in [-0.25, -0.2) is 14.5 Å². The molecule has 2 heterocycles. The maximum atomic E-state index is 12.7. The van der Waals surface area contributed by atoms with Crippen molar-refractivity contribution in [2.24, 2.45) is 5.92 Å². The van der Waals surface area contributed by atoms with Gasteiger partial charge in [0.1, 0.15) is 11.2 Å². The van der Waals surface area contributed by atoms with Crippen LogP contribution in [-0.4, -0.2) is 60.6 Å². The summed E-state index contributed by atoms with van der Waals surface area (Å²) in [4.78, 5) is 38.2. The number of esters is 1. The lowest BCUT2D eigenvalue weighted by Crippen LogP contribution is -2.54. The number of likely N-dealkylation sites (tertiary alicyclic amines) is 1. The van der Waals surface area contributed by atoms with Crippen LogP contribution in [0.3, 0.4) is 0 Å². The number of hydrogen-bond acceptors (Lipinski definition) is 7. The van der Waals surface area contributed by atoms with Crippen LogP contribution in [0.15, 0.2) is 0 Å². The molecular formula is C15H23NO7. The average molecular weight is 329 g/mol. The van der Waals surface area contributed by atoms with Gasteiger partial charge < -0.3 is 18.9 Å². The van der Waals surface area contributed by atoms with E-state index >= 15 is 0 Å². The Morgan fingerprint density at radius 1 is 1.30 bits per heavy atom. The second kappa shape index (κ2) is 5.76. The van der Waals surface area contributed by atoms with Crippen LogP contribution < -0.4 is 0 Å². The Morgan fingerprint density at radius 3 is 2.39 bits per heavy atom. The van der Waals surface area contributed by atoms with Gasteiger partial charge in [-0.05, 0) is 27.7 Å². The van der Waals surface area contributed by atoms with Crippen LogP contribution >= 0.6 is 0 Å². The third-order valence-electron chi connectivity index (χ3n) is 4.12. The van der Waals surface area contributed by atoms with E-state index in [1.54, 1.807) is 27.7 Å². The lowest BCUT2D eigenvalue weighted by atomic mass is 9.87. The van der Waals surface area contributed by atoms with Crippen molar-refractivity contribution in [3.05, 3.63) is 0 Å². The molecule has 2 aliphatic heterocycles. The minimum Gasteiger partial charge on any atom is -0.467 e. The van der Waals surface area contributed by atoms with Crippen LogP contribution in [0.25, 0.3) is 0 Å². The van der Waals surface area contributed by atoms with Gasteiger partial charge in [0.05, 0.1) is 13.0 Å². The molecule has 0 bridgehead atoms. The Labute approximate surface area is 135 Å². The Morgan fingerprint density at radius 2 is 1.91 bits per heavy atom. The third-order valence-corrected chi connectivity index (χ3v) is 4.12. The predicted molar refractivity (Wildman–Crippen MR) is 77.3 cm³/mol. The quantitative estimate of drug-likeness (QED) is 0.700. The van der Waals surface area contributed by atoms with E-state index in [1.807, 2.05) is 0 Å². The third kappa shape index (κ3) is 2.92. The number of amides is 2. The molecule has 0 aliphatic carbocycles. The zero-order chi connectivity index (χ0) is 17.6. The fraction of sp³-hybridized carbons (Fsp3) is 0.800. The molecule has 0 aromatic carbocycles. The van der Waals surface area contributed by atoms with Gasteiger partial charge in [-0.15, -0.1) is 0 Å². The second-order valence-electron chi connectivity index (χ2n) is 6.87. The summed E-state index contributed by atoms with van der Waals surface area (Å²) >= 11 is 0. The Bertz CT molecular complexity index is 526. The summed E-state index contributed by atoms with van der Waals surface area (Å²) in [7, 11) is 2.65. The summed E-state index contributed by atoms with van der Waals surface area (Å²) in [5.74, 6) is -1.92. The molecule has 0 saturated carbocycles. The van der Waals surface area contributed by atoms with Gasteiger partial charge in [0.15, 0.2) is 12.3 Å². The standard InChI is InChI=1S/C15H23NO7/c1-14(2,3)23-13(19)16-10(12(18)21-6)15(4)8(11(16)17)7-9(20-5)22-15/h8-10H,7H2,1-6H3/t8-,9-,10-,15-/m0/s1. The maximum Gasteiger partial charge on any atom is 0.417 e. The molecule has 2 fully saturated rings. The Balaban J connectivity index is 2.38. The number of carbonyl (C=O) groups excluding carboxylic acids is 3. The maximum absolute atomic E-state index is 12.7. The molecular weight excluding hydrogens is 306 g/mol. The van der Waals surface area contributed by atoms with Gasteiger partial charge in [0, 0.05) is 13.5 Å². The van der Waals surface area contributed by atoms with Crippen LogP contribution in [0.5, 0.6) is 0 Å². The molecule has 130 valence electrons. The summed E-state index contributed by atoms with van der Waals surface area (Å²) in [5.41, 5.74) is -2.01. The molecule has 2 saturated heterocycles. The largest absolute Gasteiger partial charge is 0.467 e. The average Bonchev–Trinajstić information content (AvgIpc) is 2.87. The molecule has 4 atom stereocenters. The zero-order valence-electron chi connectivity index (χ0n) is 14.2. The van der Waals surface area contributed by atoms with E-state index in [-0.39, 0.29) is 6.42 Å². The smallest absolute Gasteiger partial charge is 0.417 e. The molecule has 8 heteroatoms. The molecule has 0 unspecified atom stereocenters. The zero-order valence-corrected chi connectivity index (χ0v) is 14.2. The summed E-state index contributed by atoms with van der Waals surface area (Å²) in [5, 5.41) is 0. The highest BCUT2D eigenvalue weighted by Gasteiger charge is 2.67. The van der Waals surface area contributed by atoms with Gasteiger partial charge in [-0.2, -0.15) is 0 Å². The van der Waals surface area contributed by atoms with E-state index < -0.39 is 47.4 Å². The molecule has 0 radical (unpaired) electrons. The van der Waals surface area contributed by atoms with Crippen LogP contribution in [-0.2, 0) is 28.5 Å². The summed E-state index contributed by atoms with van der Waals surface area (Å²) in [6, 6.07) is -1.21. The first-order valence-electron chi connectivity index (χ1n) is 7.39. The number of imide groups is 1. The van der Waals surface area contributed by atoms with E-state index in [1.165, 1.54) is 14.2 Å². The highest BCUT2D eigenvalue weighted by atomic mass is 16.7. The topological polar surface area (TPSA) is 91.4 Å². The van der Waals surface area contributed by atoms with Gasteiger partial charge >= 0.3 is 12.1 Å². The highest BCUT2D eigenvalue weighted by Crippen LogP contribution is 2.47. The van der Waals surface area contributed by atoms with E-state index in [2.05, 4.69) is 0 Å². The van der Waals surface area contributed by atoms with Crippen molar-refractivity contribution in [2.75, 3.05) is 14.2 Å². The number of methoxy groups -OCH3 is 2. The molecule has 0 aromatic heterocycles. The second-order valence-corrected chi connectivity index (χ2v) is 6.87. The van der Waals surface area contributed by atoms with E-state index in [4.69, 9.17) is 18.9 Å². The van der Waals surface area contributed by atoms with E-state index in [9.17, 15) is 14.4 Å². The summed E-state index contributed by atoms with van der Waals surface area (Å²) < 4.78 is 20.9. The van der Waals surface area contributed by atoms with Crippen molar-refractivity contribution in [3.8, 4) is 0 Å². The van der Waals surface area contributed by atoms with Crippen LogP contribution in [0.4, 0.5) is 4.79 Å². The van der Waals surface area contributed by atoms with Gasteiger partial charge in [0.25, 0.3) is 0 Å². The minimum absolute atomic E-state index is 0.263. The molecule has 2 rings (SSSR count). The number of nitrogens with zero attached hydrogens (tertiary/aromatic N) is 1. The highest BCUT2D eigenvalue weighted by molar-refractivity contribution is 6.02. The number of fused-ring (bicyclic) bond motifs is 1. The fourth-order valence-corrected chi connectivity index (χ4v) is 3.09. The molecule has 2 amide bonds. The Hall–Kier alpha value is -1.67. The molecule has 0 aromatic rings. The SMILES string of the molecule is COC(=O)[C@@H]1N(C(=O)OC(C)(C)C)C(=O)[C@@H]2C[C@@H](OC)O[C@]12C. The molecule has 8 nitrogen and oxygen atoms in total. The van der Waals surface area contributed by atoms with Crippen LogP contribution in [0.2, 0.25) is 0 Å². The Kier molecular flexibility index (Phi) is 4.42. The van der Waals surface area contributed by atoms with E-state index in [0.717, 1.165) is 4.90 Å². The lowest BCUT2D eigenvalue weighted by molar-refractivity contribution is -0.179. The molecule has 0 spiro atoms. The summed E-state index contributed by atoms with van der Waals surface area (Å²) in [6.45, 7) is 6.65. The number of hydrogen-bond donors (Lipinski definition) is 0. The number of ether oxygens (including phenoxy) is 4. The normalized spacial score (nSPS) is 33.6. The van der Waals surface area contributed by atoms with Crippen molar-refractivity contribution in [1.29, 1.82) is 0 Å². The number of rotatable bonds is 2. The van der Waals surface area contributed by atoms with Crippen molar-refractivity contribution in [1.82, 2.24) is 4.90 Å². The first-order chi connectivity index (χ1) is 10.5. The van der Waals surface area contributed by atoms with Crippen molar-refractivity contribution < 1.29 is 33.3 Å². The molecule has 23 heavy (non-hydrogen) atoms.